The van der Waals surface area contributed by atoms with Crippen LogP contribution in [0.4, 0.5) is 5.69 Å². The van der Waals surface area contributed by atoms with Crippen LogP contribution in [0.3, 0.4) is 0 Å². The van der Waals surface area contributed by atoms with Crippen molar-refractivity contribution in [1.82, 2.24) is 0 Å². The van der Waals surface area contributed by atoms with E-state index in [2.05, 4.69) is 13.2 Å². The van der Waals surface area contributed by atoms with Crippen LogP contribution >= 0.6 is 0 Å². The Morgan fingerprint density at radius 3 is 2.17 bits per heavy atom. The average Bonchev–Trinajstić information content (AvgIpc) is 2.69. The van der Waals surface area contributed by atoms with E-state index < -0.39 is 41.1 Å². The molecular formula is C23H29NO6. The van der Waals surface area contributed by atoms with Gasteiger partial charge in [-0.25, -0.2) is 0 Å². The number of anilines is 1. The largest absolute Gasteiger partial charge is 0.461 e. The standard InChI is InChI=1S/C23H29NO6/c1-6-12-29-21(26)19-17(25)14-23(3,28)20(22(27)30-13-7-2)18(19)15-8-10-16(11-9-15)24(4)5/h6-11,18-20,28H,1-2,12-14H2,3-5H3/t18-,19+,20+,23+/m0/s1. The molecule has 0 unspecified atom stereocenters. The number of carbonyl (C=O) groups is 3. The molecule has 2 rings (SSSR count). The van der Waals surface area contributed by atoms with E-state index in [9.17, 15) is 19.5 Å². The summed E-state index contributed by atoms with van der Waals surface area (Å²) in [6.07, 6.45) is 2.45. The van der Waals surface area contributed by atoms with Crippen LogP contribution in [-0.2, 0) is 23.9 Å². The highest BCUT2D eigenvalue weighted by Gasteiger charge is 2.57. The van der Waals surface area contributed by atoms with Crippen LogP contribution in [-0.4, -0.2) is 55.7 Å². The number of esters is 2. The monoisotopic (exact) mass is 415 g/mol. The van der Waals surface area contributed by atoms with Gasteiger partial charge in [0.25, 0.3) is 0 Å². The minimum Gasteiger partial charge on any atom is -0.461 e. The van der Waals surface area contributed by atoms with E-state index in [-0.39, 0.29) is 19.6 Å². The van der Waals surface area contributed by atoms with Gasteiger partial charge in [-0.3, -0.25) is 14.4 Å². The molecule has 0 spiro atoms. The Bertz CT molecular complexity index is 811. The minimum absolute atomic E-state index is 0.0444. The van der Waals surface area contributed by atoms with Crippen LogP contribution in [0.2, 0.25) is 0 Å². The molecule has 1 fully saturated rings. The summed E-state index contributed by atoms with van der Waals surface area (Å²) >= 11 is 0. The normalized spacial score (nSPS) is 25.9. The van der Waals surface area contributed by atoms with Gasteiger partial charge in [-0.2, -0.15) is 0 Å². The molecule has 1 aliphatic rings. The summed E-state index contributed by atoms with van der Waals surface area (Å²) in [5.74, 6) is -5.25. The van der Waals surface area contributed by atoms with Gasteiger partial charge in [-0.1, -0.05) is 37.4 Å². The van der Waals surface area contributed by atoms with Crippen LogP contribution in [0.5, 0.6) is 0 Å². The lowest BCUT2D eigenvalue weighted by molar-refractivity contribution is -0.171. The Kier molecular flexibility index (Phi) is 7.56. The van der Waals surface area contributed by atoms with Gasteiger partial charge in [0.1, 0.15) is 19.1 Å². The average molecular weight is 415 g/mol. The second-order valence-corrected chi connectivity index (χ2v) is 7.80. The topological polar surface area (TPSA) is 93.1 Å². The Morgan fingerprint density at radius 1 is 1.13 bits per heavy atom. The first kappa shape index (κ1) is 23.3. The first-order valence-corrected chi connectivity index (χ1v) is 9.71. The first-order valence-electron chi connectivity index (χ1n) is 9.71. The number of benzene rings is 1. The Labute approximate surface area is 177 Å². The fraction of sp³-hybridized carbons (Fsp3) is 0.435. The van der Waals surface area contributed by atoms with Crippen molar-refractivity contribution in [2.24, 2.45) is 11.8 Å². The van der Waals surface area contributed by atoms with Crippen molar-refractivity contribution in [3.8, 4) is 0 Å². The fourth-order valence-electron chi connectivity index (χ4n) is 3.87. The molecule has 1 aromatic carbocycles. The van der Waals surface area contributed by atoms with Crippen molar-refractivity contribution >= 4 is 23.4 Å². The van der Waals surface area contributed by atoms with Gasteiger partial charge in [-0.05, 0) is 24.6 Å². The highest BCUT2D eigenvalue weighted by molar-refractivity contribution is 6.02. The third-order valence-electron chi connectivity index (χ3n) is 5.26. The molecule has 30 heavy (non-hydrogen) atoms. The summed E-state index contributed by atoms with van der Waals surface area (Å²) in [6, 6.07) is 7.13. The second-order valence-electron chi connectivity index (χ2n) is 7.80. The fourth-order valence-corrected chi connectivity index (χ4v) is 3.87. The van der Waals surface area contributed by atoms with Crippen LogP contribution in [0.15, 0.2) is 49.6 Å². The van der Waals surface area contributed by atoms with Gasteiger partial charge in [0.2, 0.25) is 0 Å². The van der Waals surface area contributed by atoms with E-state index in [1.165, 1.54) is 19.1 Å². The van der Waals surface area contributed by atoms with Gasteiger partial charge < -0.3 is 19.5 Å². The molecule has 0 heterocycles. The molecule has 0 amide bonds. The molecule has 1 N–H and O–H groups in total. The Balaban J connectivity index is 2.57. The van der Waals surface area contributed by atoms with Gasteiger partial charge in [0.05, 0.1) is 11.5 Å². The van der Waals surface area contributed by atoms with Crippen molar-refractivity contribution in [3.63, 3.8) is 0 Å². The number of carbonyl (C=O) groups excluding carboxylic acids is 3. The lowest BCUT2D eigenvalue weighted by atomic mass is 9.61. The van der Waals surface area contributed by atoms with Gasteiger partial charge in [0, 0.05) is 32.1 Å². The number of hydrogen-bond donors (Lipinski definition) is 1. The molecule has 0 bridgehead atoms. The summed E-state index contributed by atoms with van der Waals surface area (Å²) in [6.45, 7) is 8.35. The highest BCUT2D eigenvalue weighted by Crippen LogP contribution is 2.47. The Morgan fingerprint density at radius 2 is 1.67 bits per heavy atom. The molecule has 162 valence electrons. The lowest BCUT2D eigenvalue weighted by Gasteiger charge is -2.43. The molecule has 4 atom stereocenters. The number of Topliss-reactive ketones (excluding diaryl/α,β-unsaturated/α-hetero) is 1. The zero-order valence-electron chi connectivity index (χ0n) is 17.7. The third-order valence-corrected chi connectivity index (χ3v) is 5.26. The summed E-state index contributed by atoms with van der Waals surface area (Å²) in [7, 11) is 3.77. The number of hydrogen-bond acceptors (Lipinski definition) is 7. The summed E-state index contributed by atoms with van der Waals surface area (Å²) < 4.78 is 10.4. The molecule has 0 aromatic heterocycles. The van der Waals surface area contributed by atoms with Crippen LogP contribution in [0.1, 0.15) is 24.8 Å². The molecule has 7 heteroatoms. The molecule has 1 aliphatic carbocycles. The molecule has 7 nitrogen and oxygen atoms in total. The number of rotatable bonds is 8. The predicted octanol–water partition coefficient (Wildman–Crippen LogP) is 2.25. The van der Waals surface area contributed by atoms with Crippen LogP contribution in [0, 0.1) is 11.8 Å². The van der Waals surface area contributed by atoms with E-state index in [0.717, 1.165) is 5.69 Å². The van der Waals surface area contributed by atoms with Crippen molar-refractivity contribution < 1.29 is 29.0 Å². The molecule has 1 aromatic rings. The van der Waals surface area contributed by atoms with E-state index in [4.69, 9.17) is 9.47 Å². The van der Waals surface area contributed by atoms with E-state index in [1.54, 1.807) is 12.1 Å². The van der Waals surface area contributed by atoms with Gasteiger partial charge >= 0.3 is 11.9 Å². The Hall–Kier alpha value is -2.93. The van der Waals surface area contributed by atoms with Crippen molar-refractivity contribution in [3.05, 3.63) is 55.1 Å². The molecular weight excluding hydrogens is 386 g/mol. The number of ketones is 1. The molecule has 0 radical (unpaired) electrons. The van der Waals surface area contributed by atoms with E-state index >= 15 is 0 Å². The van der Waals surface area contributed by atoms with Crippen LogP contribution in [0.25, 0.3) is 0 Å². The maximum absolute atomic E-state index is 12.9. The predicted molar refractivity (Wildman–Crippen MR) is 113 cm³/mol. The maximum atomic E-state index is 12.9. The maximum Gasteiger partial charge on any atom is 0.317 e. The minimum atomic E-state index is -1.69. The van der Waals surface area contributed by atoms with Crippen LogP contribution < -0.4 is 4.90 Å². The quantitative estimate of drug-likeness (QED) is 0.395. The SMILES string of the molecule is C=CCOC(=O)[C@@H]1C(=O)C[C@@](C)(O)[C@@H](C(=O)OCC=C)[C@H]1c1ccc(N(C)C)cc1. The number of nitrogens with zero attached hydrogens (tertiary/aromatic N) is 1. The van der Waals surface area contributed by atoms with Gasteiger partial charge in [-0.15, -0.1) is 0 Å². The molecule has 1 saturated carbocycles. The molecule has 0 aliphatic heterocycles. The summed E-state index contributed by atoms with van der Waals surface area (Å²) in [5, 5.41) is 11.0. The number of aliphatic hydroxyl groups is 1. The van der Waals surface area contributed by atoms with Crippen molar-refractivity contribution in [1.29, 1.82) is 0 Å². The summed E-state index contributed by atoms with van der Waals surface area (Å²) in [5.41, 5.74) is -0.214. The van der Waals surface area contributed by atoms with Crippen molar-refractivity contribution in [2.45, 2.75) is 24.9 Å². The third kappa shape index (κ3) is 4.97. The lowest BCUT2D eigenvalue weighted by Crippen LogP contribution is -2.55. The van der Waals surface area contributed by atoms with E-state index in [1.807, 2.05) is 31.1 Å². The van der Waals surface area contributed by atoms with Gasteiger partial charge in [0.15, 0.2) is 5.78 Å². The zero-order chi connectivity index (χ0) is 22.5. The smallest absolute Gasteiger partial charge is 0.317 e. The summed E-state index contributed by atoms with van der Waals surface area (Å²) in [4.78, 5) is 40.5. The second kappa shape index (κ2) is 9.71. The van der Waals surface area contributed by atoms with E-state index in [0.29, 0.717) is 5.56 Å². The zero-order valence-corrected chi connectivity index (χ0v) is 17.7. The van der Waals surface area contributed by atoms with Crippen molar-refractivity contribution in [2.75, 3.05) is 32.2 Å². The number of ether oxygens (including phenoxy) is 2. The highest BCUT2D eigenvalue weighted by atomic mass is 16.5. The molecule has 0 saturated heterocycles. The first-order chi connectivity index (χ1) is 14.1.